The number of carbonyl (C=O) groups excluding carboxylic acids is 1. The molecule has 0 N–H and O–H groups in total. The van der Waals surface area contributed by atoms with Crippen LogP contribution >= 0.6 is 22.9 Å². The van der Waals surface area contributed by atoms with Crippen molar-refractivity contribution in [1.82, 2.24) is 0 Å². The lowest BCUT2D eigenvalue weighted by Crippen LogP contribution is -2.50. The van der Waals surface area contributed by atoms with Crippen molar-refractivity contribution >= 4 is 28.7 Å². The van der Waals surface area contributed by atoms with Crippen LogP contribution in [0.15, 0.2) is 12.1 Å². The number of rotatable bonds is 3. The summed E-state index contributed by atoms with van der Waals surface area (Å²) >= 11 is 7.46. The molecule has 3 nitrogen and oxygen atoms in total. The van der Waals surface area contributed by atoms with Gasteiger partial charge in [0, 0.05) is 16.2 Å². The molecule has 0 amide bonds. The van der Waals surface area contributed by atoms with E-state index in [9.17, 15) is 15.3 Å². The number of halogens is 1. The average molecular weight is 371 g/mol. The number of hydrogen-bond donors (Lipinski definition) is 0. The van der Waals surface area contributed by atoms with E-state index in [0.29, 0.717) is 22.1 Å². The van der Waals surface area contributed by atoms with E-state index >= 15 is 0 Å². The molecule has 1 heterocycles. The highest BCUT2D eigenvalue weighted by Gasteiger charge is 2.74. The molecule has 0 radical (unpaired) electrons. The van der Waals surface area contributed by atoms with Crippen LogP contribution in [-0.2, 0) is 4.79 Å². The Morgan fingerprint density at radius 1 is 1.08 bits per heavy atom. The van der Waals surface area contributed by atoms with Gasteiger partial charge in [0.2, 0.25) is 0 Å². The fourth-order valence-electron chi connectivity index (χ4n) is 6.68. The second kappa shape index (κ2) is 5.09. The Labute approximate surface area is 156 Å². The second-order valence-corrected chi connectivity index (χ2v) is 10.5. The number of ketones is 1. The number of carbonyl (C=O) groups is 1. The van der Waals surface area contributed by atoms with Crippen molar-refractivity contribution in [3.8, 4) is 12.1 Å². The molecule has 2 atom stereocenters. The Morgan fingerprint density at radius 3 is 2.08 bits per heavy atom. The maximum atomic E-state index is 13.7. The molecule has 5 heteroatoms. The number of Topliss-reactive ketones (excluding diaryl/α,β-unsaturated/α-hetero) is 1. The molecular formula is C20H19ClN2OS. The molecule has 128 valence electrons. The smallest absolute Gasteiger partial charge is 0.162 e. The van der Waals surface area contributed by atoms with Gasteiger partial charge in [0.25, 0.3) is 0 Å². The van der Waals surface area contributed by atoms with Crippen LogP contribution in [0, 0.1) is 57.2 Å². The Morgan fingerprint density at radius 2 is 1.64 bits per heavy atom. The van der Waals surface area contributed by atoms with E-state index in [0.717, 1.165) is 24.1 Å². The molecule has 4 bridgehead atoms. The maximum absolute atomic E-state index is 13.7. The highest BCUT2D eigenvalue weighted by molar-refractivity contribution is 7.16. The Kier molecular flexibility index (Phi) is 3.23. The van der Waals surface area contributed by atoms with Gasteiger partial charge in [-0.3, -0.25) is 4.79 Å². The monoisotopic (exact) mass is 370 g/mol. The van der Waals surface area contributed by atoms with Crippen LogP contribution in [0.5, 0.6) is 0 Å². The fourth-order valence-corrected chi connectivity index (χ4v) is 7.95. The minimum atomic E-state index is -1.19. The third-order valence-electron chi connectivity index (χ3n) is 7.32. The summed E-state index contributed by atoms with van der Waals surface area (Å²) < 4.78 is 0.646. The molecule has 0 aromatic carbocycles. The second-order valence-electron chi connectivity index (χ2n) is 8.75. The Hall–Kier alpha value is -1.36. The zero-order chi connectivity index (χ0) is 17.4. The Balaban J connectivity index is 1.51. The predicted molar refractivity (Wildman–Crippen MR) is 94.8 cm³/mol. The van der Waals surface area contributed by atoms with Gasteiger partial charge in [-0.15, -0.1) is 11.3 Å². The number of nitriles is 2. The molecule has 5 aliphatic rings. The zero-order valence-corrected chi connectivity index (χ0v) is 15.4. The van der Waals surface area contributed by atoms with Crippen LogP contribution in [0.2, 0.25) is 4.34 Å². The number of thiophene rings is 1. The molecule has 0 aliphatic heterocycles. The summed E-state index contributed by atoms with van der Waals surface area (Å²) in [6.07, 6.45) is 6.80. The topological polar surface area (TPSA) is 64.7 Å². The quantitative estimate of drug-likeness (QED) is 0.757. The molecule has 5 saturated carbocycles. The van der Waals surface area contributed by atoms with Crippen LogP contribution in [0.1, 0.15) is 49.3 Å². The van der Waals surface area contributed by atoms with E-state index < -0.39 is 11.3 Å². The third kappa shape index (κ3) is 2.05. The van der Waals surface area contributed by atoms with Crippen molar-refractivity contribution in [3.63, 3.8) is 0 Å². The summed E-state index contributed by atoms with van der Waals surface area (Å²) in [7, 11) is 0. The highest BCUT2D eigenvalue weighted by atomic mass is 35.5. The van der Waals surface area contributed by atoms with Gasteiger partial charge < -0.3 is 0 Å². The average Bonchev–Trinajstić information content (AvgIpc) is 3.07. The standard InChI is InChI=1S/C20H19ClN2OS/c21-15-2-1-14(25-15)16-17(20(16,9-22)10-23)18(24)19-6-11-3-12(7-19)5-13(4-11)8-19/h1-2,11-13,16-17H,3-8H2/t11?,12?,13?,16-,17-,19?/m1/s1. The van der Waals surface area contributed by atoms with Gasteiger partial charge in [0.15, 0.2) is 5.41 Å². The van der Waals surface area contributed by atoms with Gasteiger partial charge in [-0.25, -0.2) is 0 Å². The van der Waals surface area contributed by atoms with E-state index in [-0.39, 0.29) is 17.1 Å². The van der Waals surface area contributed by atoms with Crippen LogP contribution in [0.3, 0.4) is 0 Å². The van der Waals surface area contributed by atoms with Gasteiger partial charge in [0.1, 0.15) is 5.78 Å². The largest absolute Gasteiger partial charge is 0.299 e. The van der Waals surface area contributed by atoms with E-state index in [4.69, 9.17) is 11.6 Å². The van der Waals surface area contributed by atoms with Crippen molar-refractivity contribution in [2.75, 3.05) is 0 Å². The van der Waals surface area contributed by atoms with E-state index in [1.165, 1.54) is 30.6 Å². The summed E-state index contributed by atoms with van der Waals surface area (Å²) in [4.78, 5) is 14.6. The summed E-state index contributed by atoms with van der Waals surface area (Å²) in [6, 6.07) is 8.09. The SMILES string of the molecule is N#CC1(C#N)[C@H](c2ccc(Cl)s2)[C@@H]1C(=O)C12CC3CC(CC(C3)C1)C2. The summed E-state index contributed by atoms with van der Waals surface area (Å²) in [5, 5.41) is 19.5. The van der Waals surface area contributed by atoms with Crippen LogP contribution in [-0.4, -0.2) is 5.78 Å². The summed E-state index contributed by atoms with van der Waals surface area (Å²) in [6.45, 7) is 0. The molecule has 5 fully saturated rings. The first-order valence-corrected chi connectivity index (χ1v) is 10.3. The molecule has 0 spiro atoms. The van der Waals surface area contributed by atoms with Gasteiger partial charge in [-0.2, -0.15) is 10.5 Å². The van der Waals surface area contributed by atoms with Crippen molar-refractivity contribution in [3.05, 3.63) is 21.3 Å². The van der Waals surface area contributed by atoms with Crippen molar-refractivity contribution in [1.29, 1.82) is 10.5 Å². The van der Waals surface area contributed by atoms with E-state index in [1.807, 2.05) is 6.07 Å². The normalized spacial score (nSPS) is 42.6. The lowest BCUT2D eigenvalue weighted by atomic mass is 9.48. The number of hydrogen-bond acceptors (Lipinski definition) is 4. The summed E-state index contributed by atoms with van der Waals surface area (Å²) in [5.41, 5.74) is -1.44. The molecule has 1 aromatic rings. The lowest BCUT2D eigenvalue weighted by molar-refractivity contribution is -0.145. The van der Waals surface area contributed by atoms with Crippen molar-refractivity contribution in [2.45, 2.75) is 44.4 Å². The zero-order valence-electron chi connectivity index (χ0n) is 13.9. The highest BCUT2D eigenvalue weighted by Crippen LogP contribution is 2.70. The first-order valence-electron chi connectivity index (χ1n) is 9.13. The maximum Gasteiger partial charge on any atom is 0.162 e. The van der Waals surface area contributed by atoms with Gasteiger partial charge in [0.05, 0.1) is 22.4 Å². The molecule has 5 aliphatic carbocycles. The first-order chi connectivity index (χ1) is 12.0. The van der Waals surface area contributed by atoms with Crippen molar-refractivity contribution in [2.24, 2.45) is 34.5 Å². The fraction of sp³-hybridized carbons (Fsp3) is 0.650. The van der Waals surface area contributed by atoms with E-state index in [1.54, 1.807) is 6.07 Å². The molecule has 0 saturated heterocycles. The first kappa shape index (κ1) is 15.9. The number of nitrogens with zero attached hydrogens (tertiary/aromatic N) is 2. The minimum Gasteiger partial charge on any atom is -0.299 e. The van der Waals surface area contributed by atoms with Gasteiger partial charge in [-0.1, -0.05) is 11.6 Å². The van der Waals surface area contributed by atoms with Crippen molar-refractivity contribution < 1.29 is 4.79 Å². The van der Waals surface area contributed by atoms with Crippen LogP contribution in [0.4, 0.5) is 0 Å². The lowest BCUT2D eigenvalue weighted by Gasteiger charge is -2.56. The molecule has 0 unspecified atom stereocenters. The van der Waals surface area contributed by atoms with E-state index in [2.05, 4.69) is 12.1 Å². The molecule has 6 rings (SSSR count). The van der Waals surface area contributed by atoms with Gasteiger partial charge >= 0.3 is 0 Å². The third-order valence-corrected chi connectivity index (χ3v) is 8.63. The van der Waals surface area contributed by atoms with Crippen LogP contribution in [0.25, 0.3) is 0 Å². The molecule has 1 aromatic heterocycles. The Bertz CT molecular complexity index is 795. The minimum absolute atomic E-state index is 0.212. The summed E-state index contributed by atoms with van der Waals surface area (Å²) in [5.74, 6) is 1.50. The molecular weight excluding hydrogens is 352 g/mol. The van der Waals surface area contributed by atoms with Crippen LogP contribution < -0.4 is 0 Å². The predicted octanol–water partition coefficient (Wildman–Crippen LogP) is 4.93. The van der Waals surface area contributed by atoms with Gasteiger partial charge in [-0.05, 0) is 68.4 Å². The molecule has 25 heavy (non-hydrogen) atoms.